The number of hydrogen-bond acceptors (Lipinski definition) is 1. The topological polar surface area (TPSA) is 20.2 Å². The first-order valence-corrected chi connectivity index (χ1v) is 6.21. The number of aliphatic hydroxyl groups excluding tert-OH is 1. The number of hydrogen-bond donors (Lipinski definition) is 1. The predicted molar refractivity (Wildman–Crippen MR) is 71.4 cm³/mol. The highest BCUT2D eigenvalue weighted by Crippen LogP contribution is 2.31. The highest BCUT2D eigenvalue weighted by atomic mass is 19.4. The van der Waals surface area contributed by atoms with Gasteiger partial charge in [0.05, 0.1) is 5.56 Å². The summed E-state index contributed by atoms with van der Waals surface area (Å²) in [4.78, 5) is 0. The molecule has 2 aromatic carbocycles. The molecule has 4 heteroatoms. The Morgan fingerprint density at radius 1 is 0.950 bits per heavy atom. The molecule has 20 heavy (non-hydrogen) atoms. The summed E-state index contributed by atoms with van der Waals surface area (Å²) in [6.45, 7) is 3.77. The summed E-state index contributed by atoms with van der Waals surface area (Å²) >= 11 is 0. The van der Waals surface area contributed by atoms with Gasteiger partial charge in [-0.3, -0.25) is 0 Å². The van der Waals surface area contributed by atoms with E-state index >= 15 is 0 Å². The fourth-order valence-electron chi connectivity index (χ4n) is 2.09. The SMILES string of the molecule is Cc1ccc(C)c(C(O)c2ccc(C(F)(F)F)cc2)c1. The number of halogens is 3. The van der Waals surface area contributed by atoms with Gasteiger partial charge < -0.3 is 5.11 Å². The van der Waals surface area contributed by atoms with Crippen LogP contribution in [0.3, 0.4) is 0 Å². The fourth-order valence-corrected chi connectivity index (χ4v) is 2.09. The summed E-state index contributed by atoms with van der Waals surface area (Å²) in [5.41, 5.74) is 2.35. The second kappa shape index (κ2) is 5.29. The van der Waals surface area contributed by atoms with Gasteiger partial charge in [-0.15, -0.1) is 0 Å². The van der Waals surface area contributed by atoms with Crippen molar-refractivity contribution >= 4 is 0 Å². The summed E-state index contributed by atoms with van der Waals surface area (Å²) in [5.74, 6) is 0. The second-order valence-electron chi connectivity index (χ2n) is 4.88. The highest BCUT2D eigenvalue weighted by Gasteiger charge is 2.30. The van der Waals surface area contributed by atoms with Crippen LogP contribution in [0.15, 0.2) is 42.5 Å². The Labute approximate surface area is 115 Å². The van der Waals surface area contributed by atoms with Crippen LogP contribution in [-0.4, -0.2) is 5.11 Å². The zero-order valence-corrected chi connectivity index (χ0v) is 11.2. The number of aliphatic hydroxyl groups is 1. The molecule has 0 spiro atoms. The van der Waals surface area contributed by atoms with Gasteiger partial charge in [0, 0.05) is 0 Å². The van der Waals surface area contributed by atoms with Crippen molar-refractivity contribution in [1.82, 2.24) is 0 Å². The number of aryl methyl sites for hydroxylation is 2. The Kier molecular flexibility index (Phi) is 3.86. The summed E-state index contributed by atoms with van der Waals surface area (Å²) < 4.78 is 37.5. The molecule has 0 heterocycles. The van der Waals surface area contributed by atoms with Crippen LogP contribution in [0.2, 0.25) is 0 Å². The van der Waals surface area contributed by atoms with Crippen molar-refractivity contribution in [3.63, 3.8) is 0 Å². The van der Waals surface area contributed by atoms with Crippen LogP contribution in [-0.2, 0) is 6.18 Å². The van der Waals surface area contributed by atoms with Gasteiger partial charge in [0.25, 0.3) is 0 Å². The van der Waals surface area contributed by atoms with Gasteiger partial charge in [-0.1, -0.05) is 35.9 Å². The Balaban J connectivity index is 2.34. The summed E-state index contributed by atoms with van der Waals surface area (Å²) in [5, 5.41) is 10.3. The van der Waals surface area contributed by atoms with Crippen LogP contribution in [0, 0.1) is 13.8 Å². The first-order chi connectivity index (χ1) is 9.29. The maximum atomic E-state index is 12.5. The van der Waals surface area contributed by atoms with Gasteiger partial charge >= 0.3 is 6.18 Å². The van der Waals surface area contributed by atoms with E-state index < -0.39 is 17.8 Å². The van der Waals surface area contributed by atoms with Crippen molar-refractivity contribution in [2.45, 2.75) is 26.1 Å². The lowest BCUT2D eigenvalue weighted by molar-refractivity contribution is -0.137. The maximum absolute atomic E-state index is 12.5. The summed E-state index contributed by atoms with van der Waals surface area (Å²) in [7, 11) is 0. The third-order valence-corrected chi connectivity index (χ3v) is 3.28. The third kappa shape index (κ3) is 3.02. The van der Waals surface area contributed by atoms with E-state index in [1.165, 1.54) is 12.1 Å². The molecular weight excluding hydrogens is 265 g/mol. The Morgan fingerprint density at radius 2 is 1.55 bits per heavy atom. The quantitative estimate of drug-likeness (QED) is 0.864. The van der Waals surface area contributed by atoms with E-state index in [9.17, 15) is 18.3 Å². The molecule has 0 saturated heterocycles. The van der Waals surface area contributed by atoms with Gasteiger partial charge in [0.15, 0.2) is 0 Å². The molecule has 0 bridgehead atoms. The van der Waals surface area contributed by atoms with E-state index in [-0.39, 0.29) is 0 Å². The standard InChI is InChI=1S/C16H15F3O/c1-10-3-4-11(2)14(9-10)15(20)12-5-7-13(8-6-12)16(17,18)19/h3-9,15,20H,1-2H3. The van der Waals surface area contributed by atoms with E-state index in [0.717, 1.165) is 23.3 Å². The minimum Gasteiger partial charge on any atom is -0.384 e. The minimum atomic E-state index is -4.36. The Bertz CT molecular complexity index is 600. The Hall–Kier alpha value is -1.81. The average Bonchev–Trinajstić information content (AvgIpc) is 2.40. The van der Waals surface area contributed by atoms with E-state index in [1.807, 2.05) is 32.0 Å². The number of benzene rings is 2. The highest BCUT2D eigenvalue weighted by molar-refractivity contribution is 5.38. The smallest absolute Gasteiger partial charge is 0.384 e. The van der Waals surface area contributed by atoms with Gasteiger partial charge in [-0.25, -0.2) is 0 Å². The lowest BCUT2D eigenvalue weighted by Crippen LogP contribution is -2.06. The lowest BCUT2D eigenvalue weighted by Gasteiger charge is -2.16. The van der Waals surface area contributed by atoms with E-state index in [0.29, 0.717) is 11.1 Å². The first kappa shape index (κ1) is 14.6. The van der Waals surface area contributed by atoms with Gasteiger partial charge in [0.1, 0.15) is 6.10 Å². The van der Waals surface area contributed by atoms with Crippen molar-refractivity contribution in [2.24, 2.45) is 0 Å². The van der Waals surface area contributed by atoms with Crippen LogP contribution in [0.25, 0.3) is 0 Å². The molecule has 0 radical (unpaired) electrons. The van der Waals surface area contributed by atoms with Crippen LogP contribution in [0.4, 0.5) is 13.2 Å². The monoisotopic (exact) mass is 280 g/mol. The number of alkyl halides is 3. The van der Waals surface area contributed by atoms with Gasteiger partial charge in [0.2, 0.25) is 0 Å². The molecule has 0 aliphatic heterocycles. The molecule has 0 aliphatic rings. The van der Waals surface area contributed by atoms with Crippen molar-refractivity contribution in [3.05, 3.63) is 70.3 Å². The largest absolute Gasteiger partial charge is 0.416 e. The molecule has 0 saturated carbocycles. The molecular formula is C16H15F3O. The van der Waals surface area contributed by atoms with Crippen LogP contribution >= 0.6 is 0 Å². The van der Waals surface area contributed by atoms with Crippen LogP contribution < -0.4 is 0 Å². The first-order valence-electron chi connectivity index (χ1n) is 6.21. The Morgan fingerprint density at radius 3 is 2.10 bits per heavy atom. The molecule has 0 aromatic heterocycles. The molecule has 2 aromatic rings. The molecule has 2 rings (SSSR count). The van der Waals surface area contributed by atoms with E-state index in [2.05, 4.69) is 0 Å². The van der Waals surface area contributed by atoms with E-state index in [1.54, 1.807) is 0 Å². The minimum absolute atomic E-state index is 0.451. The van der Waals surface area contributed by atoms with Crippen molar-refractivity contribution in [1.29, 1.82) is 0 Å². The lowest BCUT2D eigenvalue weighted by atomic mass is 9.95. The predicted octanol–water partition coefficient (Wildman–Crippen LogP) is 4.40. The normalized spacial score (nSPS) is 13.3. The molecule has 1 unspecified atom stereocenters. The van der Waals surface area contributed by atoms with Gasteiger partial charge in [-0.05, 0) is 42.7 Å². The molecule has 0 fully saturated rings. The van der Waals surface area contributed by atoms with Crippen molar-refractivity contribution < 1.29 is 18.3 Å². The molecule has 1 atom stereocenters. The average molecular weight is 280 g/mol. The second-order valence-corrected chi connectivity index (χ2v) is 4.88. The summed E-state index contributed by atoms with van der Waals surface area (Å²) in [6, 6.07) is 10.3. The number of rotatable bonds is 2. The summed E-state index contributed by atoms with van der Waals surface area (Å²) in [6.07, 6.45) is -5.28. The maximum Gasteiger partial charge on any atom is 0.416 e. The molecule has 0 amide bonds. The van der Waals surface area contributed by atoms with Crippen LogP contribution in [0.5, 0.6) is 0 Å². The molecule has 106 valence electrons. The van der Waals surface area contributed by atoms with Gasteiger partial charge in [-0.2, -0.15) is 13.2 Å². The van der Waals surface area contributed by atoms with Crippen LogP contribution in [0.1, 0.15) is 33.9 Å². The zero-order valence-electron chi connectivity index (χ0n) is 11.2. The molecule has 1 nitrogen and oxygen atoms in total. The van der Waals surface area contributed by atoms with E-state index in [4.69, 9.17) is 0 Å². The third-order valence-electron chi connectivity index (χ3n) is 3.28. The zero-order chi connectivity index (χ0) is 14.9. The molecule has 1 N–H and O–H groups in total. The molecule has 0 aliphatic carbocycles. The van der Waals surface area contributed by atoms with Crippen molar-refractivity contribution in [3.8, 4) is 0 Å². The fraction of sp³-hybridized carbons (Fsp3) is 0.250. The van der Waals surface area contributed by atoms with Crippen molar-refractivity contribution in [2.75, 3.05) is 0 Å².